The number of halogens is 1. The van der Waals surface area contributed by atoms with Gasteiger partial charge in [-0.2, -0.15) is 5.10 Å². The van der Waals surface area contributed by atoms with Crippen molar-refractivity contribution in [3.63, 3.8) is 0 Å². The summed E-state index contributed by atoms with van der Waals surface area (Å²) in [6.45, 7) is 4.20. The molecule has 2 rings (SSSR count). The number of aliphatic hydroxyl groups excluding tert-OH is 1. The van der Waals surface area contributed by atoms with Crippen molar-refractivity contribution in [2.75, 3.05) is 11.9 Å². The number of anilines is 1. The van der Waals surface area contributed by atoms with Gasteiger partial charge in [0.1, 0.15) is 11.5 Å². The van der Waals surface area contributed by atoms with Crippen molar-refractivity contribution in [3.8, 4) is 5.69 Å². The summed E-state index contributed by atoms with van der Waals surface area (Å²) in [7, 11) is 0. The Bertz CT molecular complexity index is 657. The number of benzene rings is 1. The molecule has 1 aromatic carbocycles. The predicted molar refractivity (Wildman–Crippen MR) is 86.0 cm³/mol. The molecule has 7 heteroatoms. The first-order chi connectivity index (χ1) is 11.0. The third-order valence-corrected chi connectivity index (χ3v) is 3.43. The lowest BCUT2D eigenvalue weighted by Crippen LogP contribution is -2.32. The van der Waals surface area contributed by atoms with Gasteiger partial charge in [-0.1, -0.05) is 26.0 Å². The van der Waals surface area contributed by atoms with Crippen LogP contribution >= 0.6 is 0 Å². The molecule has 1 atom stereocenters. The van der Waals surface area contributed by atoms with E-state index in [1.165, 1.54) is 23.1 Å². The molecule has 6 nitrogen and oxygen atoms in total. The van der Waals surface area contributed by atoms with E-state index in [1.54, 1.807) is 18.2 Å². The van der Waals surface area contributed by atoms with Crippen LogP contribution < -0.4 is 10.6 Å². The first kappa shape index (κ1) is 17.0. The van der Waals surface area contributed by atoms with Crippen molar-refractivity contribution in [1.29, 1.82) is 0 Å². The summed E-state index contributed by atoms with van der Waals surface area (Å²) in [6.07, 6.45) is 3.01. The van der Waals surface area contributed by atoms with Crippen molar-refractivity contribution in [2.24, 2.45) is 5.92 Å². The molecule has 0 fully saturated rings. The Morgan fingerprint density at radius 1 is 1.39 bits per heavy atom. The summed E-state index contributed by atoms with van der Waals surface area (Å²) < 4.78 is 15.0. The minimum absolute atomic E-state index is 0.152. The van der Waals surface area contributed by atoms with Gasteiger partial charge in [0.25, 0.3) is 0 Å². The molecule has 0 aliphatic heterocycles. The quantitative estimate of drug-likeness (QED) is 0.765. The highest BCUT2D eigenvalue weighted by Gasteiger charge is 2.10. The standard InChI is InChI=1S/C16H21FN4O2/c1-11(2)15(22)7-8-18-16(23)20-12-9-19-21(10-12)14-6-4-3-5-13(14)17/h3-6,9-11,15,22H,7-8H2,1-2H3,(H2,18,20,23). The smallest absolute Gasteiger partial charge is 0.319 e. The second-order valence-electron chi connectivity index (χ2n) is 5.61. The molecule has 2 amide bonds. The van der Waals surface area contributed by atoms with Gasteiger partial charge in [-0.3, -0.25) is 0 Å². The lowest BCUT2D eigenvalue weighted by Gasteiger charge is -2.14. The van der Waals surface area contributed by atoms with Gasteiger partial charge in [0.15, 0.2) is 0 Å². The zero-order valence-corrected chi connectivity index (χ0v) is 13.2. The van der Waals surface area contributed by atoms with E-state index >= 15 is 0 Å². The first-order valence-electron chi connectivity index (χ1n) is 7.50. The van der Waals surface area contributed by atoms with E-state index in [2.05, 4.69) is 15.7 Å². The number of nitrogens with one attached hydrogen (secondary N) is 2. The number of urea groups is 1. The number of nitrogens with zero attached hydrogens (tertiary/aromatic N) is 2. The van der Waals surface area contributed by atoms with E-state index in [9.17, 15) is 14.3 Å². The topological polar surface area (TPSA) is 79.2 Å². The molecule has 0 saturated heterocycles. The number of hydrogen-bond acceptors (Lipinski definition) is 3. The molecule has 1 aromatic heterocycles. The number of rotatable bonds is 6. The lowest BCUT2D eigenvalue weighted by atomic mass is 10.0. The van der Waals surface area contributed by atoms with E-state index in [0.717, 1.165) is 0 Å². The molecular weight excluding hydrogens is 299 g/mol. The zero-order valence-electron chi connectivity index (χ0n) is 13.2. The van der Waals surface area contributed by atoms with Crippen LogP contribution in [0.1, 0.15) is 20.3 Å². The molecular formula is C16H21FN4O2. The average Bonchev–Trinajstić information content (AvgIpc) is 2.95. The lowest BCUT2D eigenvalue weighted by molar-refractivity contribution is 0.117. The zero-order chi connectivity index (χ0) is 16.8. The Labute approximate surface area is 134 Å². The summed E-state index contributed by atoms with van der Waals surface area (Å²) in [5, 5.41) is 19.0. The normalized spacial score (nSPS) is 12.2. The summed E-state index contributed by atoms with van der Waals surface area (Å²) in [6, 6.07) is 5.85. The summed E-state index contributed by atoms with van der Waals surface area (Å²) in [4.78, 5) is 11.8. The number of amides is 2. The summed E-state index contributed by atoms with van der Waals surface area (Å²) in [5.41, 5.74) is 0.760. The van der Waals surface area contributed by atoms with Gasteiger partial charge in [0, 0.05) is 6.54 Å². The molecule has 3 N–H and O–H groups in total. The second kappa shape index (κ2) is 7.73. The van der Waals surface area contributed by atoms with Crippen molar-refractivity contribution < 1.29 is 14.3 Å². The van der Waals surface area contributed by atoms with Gasteiger partial charge < -0.3 is 15.7 Å². The fourth-order valence-electron chi connectivity index (χ4n) is 2.00. The Morgan fingerprint density at radius 3 is 2.83 bits per heavy atom. The molecule has 124 valence electrons. The monoisotopic (exact) mass is 320 g/mol. The molecule has 0 aliphatic carbocycles. The van der Waals surface area contributed by atoms with E-state index in [1.807, 2.05) is 13.8 Å². The van der Waals surface area contributed by atoms with E-state index < -0.39 is 18.0 Å². The maximum absolute atomic E-state index is 13.7. The molecule has 0 saturated carbocycles. The average molecular weight is 320 g/mol. The highest BCUT2D eigenvalue weighted by atomic mass is 19.1. The second-order valence-corrected chi connectivity index (χ2v) is 5.61. The number of aromatic nitrogens is 2. The Kier molecular flexibility index (Phi) is 5.70. The fraction of sp³-hybridized carbons (Fsp3) is 0.375. The molecule has 0 aliphatic rings. The molecule has 0 bridgehead atoms. The van der Waals surface area contributed by atoms with Crippen LogP contribution in [0.2, 0.25) is 0 Å². The predicted octanol–water partition coefficient (Wildman–Crippen LogP) is 2.54. The number of carbonyl (C=O) groups is 1. The van der Waals surface area contributed by atoms with Crippen LogP contribution in [-0.4, -0.2) is 33.6 Å². The third-order valence-electron chi connectivity index (χ3n) is 3.43. The van der Waals surface area contributed by atoms with Gasteiger partial charge in [0.2, 0.25) is 0 Å². The van der Waals surface area contributed by atoms with Crippen LogP contribution in [0, 0.1) is 11.7 Å². The summed E-state index contributed by atoms with van der Waals surface area (Å²) >= 11 is 0. The SMILES string of the molecule is CC(C)C(O)CCNC(=O)Nc1cnn(-c2ccccc2F)c1. The van der Waals surface area contributed by atoms with Gasteiger partial charge in [-0.05, 0) is 24.5 Å². The number of aliphatic hydroxyl groups is 1. The molecule has 2 aromatic rings. The van der Waals surface area contributed by atoms with Gasteiger partial charge in [0.05, 0.1) is 24.2 Å². The molecule has 0 radical (unpaired) electrons. The molecule has 23 heavy (non-hydrogen) atoms. The minimum atomic E-state index is -0.445. The van der Waals surface area contributed by atoms with Crippen LogP contribution in [0.25, 0.3) is 5.69 Å². The molecule has 1 unspecified atom stereocenters. The van der Waals surface area contributed by atoms with Crippen LogP contribution in [0.3, 0.4) is 0 Å². The highest BCUT2D eigenvalue weighted by molar-refractivity contribution is 5.88. The molecule has 1 heterocycles. The van der Waals surface area contributed by atoms with Gasteiger partial charge in [-0.25, -0.2) is 13.9 Å². The van der Waals surface area contributed by atoms with Crippen molar-refractivity contribution in [1.82, 2.24) is 15.1 Å². The maximum atomic E-state index is 13.7. The highest BCUT2D eigenvalue weighted by Crippen LogP contribution is 2.14. The van der Waals surface area contributed by atoms with Gasteiger partial charge in [-0.15, -0.1) is 0 Å². The number of hydrogen-bond donors (Lipinski definition) is 3. The maximum Gasteiger partial charge on any atom is 0.319 e. The largest absolute Gasteiger partial charge is 0.393 e. The summed E-state index contributed by atoms with van der Waals surface area (Å²) in [5.74, 6) is -0.242. The Morgan fingerprint density at radius 2 is 2.13 bits per heavy atom. The third kappa shape index (κ3) is 4.79. The van der Waals surface area contributed by atoms with Gasteiger partial charge >= 0.3 is 6.03 Å². The van der Waals surface area contributed by atoms with Crippen molar-refractivity contribution in [3.05, 3.63) is 42.5 Å². The fourth-order valence-corrected chi connectivity index (χ4v) is 2.00. The van der Waals surface area contributed by atoms with Crippen LogP contribution in [0.4, 0.5) is 14.9 Å². The van der Waals surface area contributed by atoms with E-state index in [4.69, 9.17) is 0 Å². The Balaban J connectivity index is 1.87. The van der Waals surface area contributed by atoms with E-state index in [-0.39, 0.29) is 5.92 Å². The van der Waals surface area contributed by atoms with Crippen LogP contribution in [0.15, 0.2) is 36.7 Å². The molecule has 0 spiro atoms. The van der Waals surface area contributed by atoms with Crippen LogP contribution in [-0.2, 0) is 0 Å². The Hall–Kier alpha value is -2.41. The minimum Gasteiger partial charge on any atom is -0.393 e. The van der Waals surface area contributed by atoms with Crippen LogP contribution in [0.5, 0.6) is 0 Å². The first-order valence-corrected chi connectivity index (χ1v) is 7.50. The number of carbonyl (C=O) groups excluding carboxylic acids is 1. The van der Waals surface area contributed by atoms with Crippen molar-refractivity contribution in [2.45, 2.75) is 26.4 Å². The number of para-hydroxylation sites is 1. The van der Waals surface area contributed by atoms with E-state index in [0.29, 0.717) is 24.3 Å². The van der Waals surface area contributed by atoms with Crippen molar-refractivity contribution >= 4 is 11.7 Å².